The number of nitrogens with zero attached hydrogens (tertiary/aromatic N) is 1. The highest BCUT2D eigenvalue weighted by Gasteiger charge is 2.22. The summed E-state index contributed by atoms with van der Waals surface area (Å²) in [5.41, 5.74) is 1.36. The van der Waals surface area contributed by atoms with Crippen LogP contribution < -0.4 is 5.32 Å². The first-order valence-electron chi connectivity index (χ1n) is 7.93. The fraction of sp³-hybridized carbons (Fsp3) is 0.529. The van der Waals surface area contributed by atoms with Crippen LogP contribution >= 0.6 is 0 Å². The minimum atomic E-state index is -0.823. The zero-order valence-corrected chi connectivity index (χ0v) is 12.8. The van der Waals surface area contributed by atoms with Gasteiger partial charge in [0, 0.05) is 26.1 Å². The molecule has 0 aliphatic carbocycles. The monoisotopic (exact) mass is 304 g/mol. The van der Waals surface area contributed by atoms with Crippen molar-refractivity contribution in [3.63, 3.8) is 0 Å². The first-order chi connectivity index (χ1) is 10.6. The Morgan fingerprint density at radius 1 is 1.18 bits per heavy atom. The number of carboxylic acids is 1. The van der Waals surface area contributed by atoms with Crippen molar-refractivity contribution in [1.29, 1.82) is 0 Å². The smallest absolute Gasteiger partial charge is 0.317 e. The Morgan fingerprint density at radius 2 is 1.86 bits per heavy atom. The zero-order valence-electron chi connectivity index (χ0n) is 12.8. The second-order valence-corrected chi connectivity index (χ2v) is 5.85. The normalized spacial score (nSPS) is 15.5. The predicted molar refractivity (Wildman–Crippen MR) is 84.7 cm³/mol. The third-order valence-electron chi connectivity index (χ3n) is 4.11. The van der Waals surface area contributed by atoms with Crippen molar-refractivity contribution >= 4 is 12.0 Å². The van der Waals surface area contributed by atoms with Crippen LogP contribution in [0.1, 0.15) is 31.2 Å². The predicted octanol–water partition coefficient (Wildman–Crippen LogP) is 2.52. The maximum Gasteiger partial charge on any atom is 0.317 e. The Balaban J connectivity index is 1.66. The van der Waals surface area contributed by atoms with Crippen LogP contribution in [0.15, 0.2) is 30.3 Å². The number of hydrogen-bond donors (Lipinski definition) is 2. The molecule has 2 rings (SSSR count). The van der Waals surface area contributed by atoms with Gasteiger partial charge in [-0.1, -0.05) is 30.3 Å². The molecule has 2 N–H and O–H groups in total. The maximum atomic E-state index is 12.0. The van der Waals surface area contributed by atoms with Gasteiger partial charge < -0.3 is 15.3 Å². The number of carbonyl (C=O) groups excluding carboxylic acids is 1. The third-order valence-corrected chi connectivity index (χ3v) is 4.11. The largest absolute Gasteiger partial charge is 0.481 e. The first kappa shape index (κ1) is 16.3. The van der Waals surface area contributed by atoms with Crippen molar-refractivity contribution in [2.75, 3.05) is 19.6 Å². The Hall–Kier alpha value is -2.04. The van der Waals surface area contributed by atoms with Crippen LogP contribution in [0, 0.1) is 5.92 Å². The molecule has 1 aromatic rings. The summed E-state index contributed by atoms with van der Waals surface area (Å²) in [6.45, 7) is 1.99. The van der Waals surface area contributed by atoms with Gasteiger partial charge in [-0.15, -0.1) is 0 Å². The molecule has 120 valence electrons. The molecule has 1 aliphatic rings. The van der Waals surface area contributed by atoms with Gasteiger partial charge >= 0.3 is 12.0 Å². The van der Waals surface area contributed by atoms with Crippen LogP contribution in [0.2, 0.25) is 0 Å². The minimum Gasteiger partial charge on any atom is -0.481 e. The number of likely N-dealkylation sites (tertiary alicyclic amines) is 1. The minimum absolute atomic E-state index is 0.0662. The third kappa shape index (κ3) is 5.39. The van der Waals surface area contributed by atoms with E-state index < -0.39 is 5.97 Å². The molecule has 2 amide bonds. The molecule has 0 spiro atoms. The van der Waals surface area contributed by atoms with Crippen LogP contribution in [0.3, 0.4) is 0 Å². The molecule has 5 heteroatoms. The van der Waals surface area contributed by atoms with Gasteiger partial charge in [0.25, 0.3) is 0 Å². The molecule has 0 saturated carbocycles. The van der Waals surface area contributed by atoms with Gasteiger partial charge in [0.05, 0.1) is 0 Å². The maximum absolute atomic E-state index is 12.0. The number of rotatable bonds is 6. The summed E-state index contributed by atoms with van der Waals surface area (Å²) in [4.78, 5) is 24.2. The van der Waals surface area contributed by atoms with Gasteiger partial charge in [-0.2, -0.15) is 0 Å². The number of piperidine rings is 1. The van der Waals surface area contributed by atoms with Gasteiger partial charge in [-0.3, -0.25) is 4.79 Å². The van der Waals surface area contributed by atoms with Crippen molar-refractivity contribution < 1.29 is 14.7 Å². The second kappa shape index (κ2) is 8.41. The van der Waals surface area contributed by atoms with E-state index in [0.717, 1.165) is 32.4 Å². The van der Waals surface area contributed by atoms with Crippen molar-refractivity contribution in [3.05, 3.63) is 35.9 Å². The van der Waals surface area contributed by atoms with Crippen LogP contribution in [0.4, 0.5) is 4.79 Å². The van der Waals surface area contributed by atoms with Crippen molar-refractivity contribution in [2.45, 2.75) is 32.1 Å². The molecule has 1 saturated heterocycles. The molecule has 1 aliphatic heterocycles. The quantitative estimate of drug-likeness (QED) is 0.793. The molecular weight excluding hydrogens is 280 g/mol. The SMILES string of the molecule is O=C(O)CCCNC(=O)N1CCC(Cc2ccccc2)CC1. The highest BCUT2D eigenvalue weighted by Crippen LogP contribution is 2.21. The first-order valence-corrected chi connectivity index (χ1v) is 7.93. The molecule has 1 aromatic carbocycles. The molecule has 1 heterocycles. The van der Waals surface area contributed by atoms with E-state index in [-0.39, 0.29) is 12.5 Å². The second-order valence-electron chi connectivity index (χ2n) is 5.85. The summed E-state index contributed by atoms with van der Waals surface area (Å²) >= 11 is 0. The lowest BCUT2D eigenvalue weighted by Crippen LogP contribution is -2.45. The molecule has 0 unspecified atom stereocenters. The summed E-state index contributed by atoms with van der Waals surface area (Å²) in [5, 5.41) is 11.4. The van der Waals surface area contributed by atoms with E-state index in [1.54, 1.807) is 0 Å². The van der Waals surface area contributed by atoms with Crippen LogP contribution in [-0.2, 0) is 11.2 Å². The summed E-state index contributed by atoms with van der Waals surface area (Å²) in [6.07, 6.45) is 3.70. The highest BCUT2D eigenvalue weighted by molar-refractivity contribution is 5.74. The van der Waals surface area contributed by atoms with E-state index in [2.05, 4.69) is 29.6 Å². The lowest BCUT2D eigenvalue weighted by Gasteiger charge is -2.32. The number of aliphatic carboxylic acids is 1. The fourth-order valence-corrected chi connectivity index (χ4v) is 2.83. The zero-order chi connectivity index (χ0) is 15.8. The van der Waals surface area contributed by atoms with E-state index in [4.69, 9.17) is 5.11 Å². The van der Waals surface area contributed by atoms with Crippen LogP contribution in [-0.4, -0.2) is 41.6 Å². The molecule has 0 aromatic heterocycles. The summed E-state index contributed by atoms with van der Waals surface area (Å²) < 4.78 is 0. The number of urea groups is 1. The number of nitrogens with one attached hydrogen (secondary N) is 1. The van der Waals surface area contributed by atoms with Gasteiger partial charge in [-0.05, 0) is 37.2 Å². The highest BCUT2D eigenvalue weighted by atomic mass is 16.4. The van der Waals surface area contributed by atoms with Crippen LogP contribution in [0.25, 0.3) is 0 Å². The summed E-state index contributed by atoms with van der Waals surface area (Å²) in [6, 6.07) is 10.4. The average molecular weight is 304 g/mol. The molecule has 5 nitrogen and oxygen atoms in total. The number of carboxylic acid groups (broad SMARTS) is 1. The van der Waals surface area contributed by atoms with Gasteiger partial charge in [-0.25, -0.2) is 4.79 Å². The standard InChI is InChI=1S/C17H24N2O3/c20-16(21)7-4-10-18-17(22)19-11-8-15(9-12-19)13-14-5-2-1-3-6-14/h1-3,5-6,15H,4,7-13H2,(H,18,22)(H,20,21). The van der Waals surface area contributed by atoms with Gasteiger partial charge in [0.2, 0.25) is 0 Å². The topological polar surface area (TPSA) is 69.6 Å². The molecule has 1 fully saturated rings. The number of benzene rings is 1. The summed E-state index contributed by atoms with van der Waals surface area (Å²) in [5.74, 6) is -0.186. The number of amides is 2. The lowest BCUT2D eigenvalue weighted by atomic mass is 9.90. The van der Waals surface area contributed by atoms with E-state index in [1.807, 2.05) is 11.0 Å². The number of carbonyl (C=O) groups is 2. The molecular formula is C17H24N2O3. The van der Waals surface area contributed by atoms with Crippen LogP contribution in [0.5, 0.6) is 0 Å². The summed E-state index contributed by atoms with van der Waals surface area (Å²) in [7, 11) is 0. The van der Waals surface area contributed by atoms with Gasteiger partial charge in [0.1, 0.15) is 0 Å². The molecule has 0 atom stereocenters. The Morgan fingerprint density at radius 3 is 2.50 bits per heavy atom. The number of hydrogen-bond acceptors (Lipinski definition) is 2. The van der Waals surface area contributed by atoms with Crippen molar-refractivity contribution in [3.8, 4) is 0 Å². The van der Waals surface area contributed by atoms with Crippen molar-refractivity contribution in [1.82, 2.24) is 10.2 Å². The van der Waals surface area contributed by atoms with E-state index in [0.29, 0.717) is 18.9 Å². The Kier molecular flexibility index (Phi) is 6.25. The van der Waals surface area contributed by atoms with E-state index in [9.17, 15) is 9.59 Å². The molecule has 22 heavy (non-hydrogen) atoms. The average Bonchev–Trinajstić information content (AvgIpc) is 2.53. The van der Waals surface area contributed by atoms with E-state index >= 15 is 0 Å². The van der Waals surface area contributed by atoms with Crippen molar-refractivity contribution in [2.24, 2.45) is 5.92 Å². The Labute approximate surface area is 131 Å². The van der Waals surface area contributed by atoms with E-state index in [1.165, 1.54) is 5.56 Å². The fourth-order valence-electron chi connectivity index (χ4n) is 2.83. The molecule has 0 radical (unpaired) electrons. The Bertz CT molecular complexity index is 482. The van der Waals surface area contributed by atoms with Gasteiger partial charge in [0.15, 0.2) is 0 Å². The lowest BCUT2D eigenvalue weighted by molar-refractivity contribution is -0.137. The molecule has 0 bridgehead atoms.